The third-order valence-corrected chi connectivity index (χ3v) is 2.87. The van der Waals surface area contributed by atoms with Crippen LogP contribution in [0, 0.1) is 11.2 Å². The maximum atomic E-state index is 13.5. The van der Waals surface area contributed by atoms with Crippen LogP contribution in [-0.4, -0.2) is 17.0 Å². The highest BCUT2D eigenvalue weighted by molar-refractivity contribution is 5.93. The van der Waals surface area contributed by atoms with Crippen molar-refractivity contribution in [2.45, 2.75) is 6.42 Å². The van der Waals surface area contributed by atoms with Crippen molar-refractivity contribution in [1.29, 1.82) is 5.41 Å². The Morgan fingerprint density at radius 3 is 2.67 bits per heavy atom. The van der Waals surface area contributed by atoms with Crippen molar-refractivity contribution in [2.24, 2.45) is 16.5 Å². The summed E-state index contributed by atoms with van der Waals surface area (Å²) in [7, 11) is 0. The monoisotopic (exact) mass is 285 g/mol. The summed E-state index contributed by atoms with van der Waals surface area (Å²) in [4.78, 5) is 7.09. The van der Waals surface area contributed by atoms with Gasteiger partial charge in [0, 0.05) is 18.3 Å². The Hall–Kier alpha value is -2.89. The topological polar surface area (TPSA) is 104 Å². The summed E-state index contributed by atoms with van der Waals surface area (Å²) in [5.74, 6) is -0.414. The number of para-hydroxylation sites is 1. The van der Waals surface area contributed by atoms with Crippen LogP contribution in [0.15, 0.2) is 53.2 Å². The number of amidine groups is 1. The molecule has 0 radical (unpaired) electrons. The zero-order valence-corrected chi connectivity index (χ0v) is 11.3. The van der Waals surface area contributed by atoms with Gasteiger partial charge in [-0.05, 0) is 36.0 Å². The molecule has 5 nitrogen and oxygen atoms in total. The van der Waals surface area contributed by atoms with Gasteiger partial charge in [-0.15, -0.1) is 0 Å². The second-order valence-corrected chi connectivity index (χ2v) is 4.44. The lowest BCUT2D eigenvalue weighted by Gasteiger charge is -2.00. The lowest BCUT2D eigenvalue weighted by atomic mass is 10.2. The second kappa shape index (κ2) is 6.51. The molecule has 0 aliphatic rings. The van der Waals surface area contributed by atoms with Crippen molar-refractivity contribution < 1.29 is 4.39 Å². The van der Waals surface area contributed by atoms with Gasteiger partial charge in [-0.1, -0.05) is 12.1 Å². The van der Waals surface area contributed by atoms with Gasteiger partial charge in [0.2, 0.25) is 0 Å². The average Bonchev–Trinajstić information content (AvgIpc) is 2.93. The lowest BCUT2D eigenvalue weighted by Crippen LogP contribution is -2.11. The molecule has 0 saturated carbocycles. The quantitative estimate of drug-likeness (QED) is 0.499. The highest BCUT2D eigenvalue weighted by Crippen LogP contribution is 2.16. The van der Waals surface area contributed by atoms with Gasteiger partial charge >= 0.3 is 0 Å². The predicted molar refractivity (Wildman–Crippen MR) is 82.3 cm³/mol. The number of hydrogen-bond donors (Lipinski definition) is 4. The number of nitrogen functional groups attached to an aromatic ring is 1. The molecule has 1 aromatic carbocycles. The average molecular weight is 285 g/mol. The maximum Gasteiger partial charge on any atom is 0.148 e. The largest absolute Gasteiger partial charge is 0.404 e. The van der Waals surface area contributed by atoms with E-state index in [-0.39, 0.29) is 17.3 Å². The van der Waals surface area contributed by atoms with E-state index < -0.39 is 0 Å². The van der Waals surface area contributed by atoms with Crippen molar-refractivity contribution in [2.75, 3.05) is 0 Å². The third kappa shape index (κ3) is 3.79. The predicted octanol–water partition coefficient (Wildman–Crippen LogP) is 2.23. The fourth-order valence-corrected chi connectivity index (χ4v) is 1.78. The van der Waals surface area contributed by atoms with Gasteiger partial charge in [0.1, 0.15) is 11.7 Å². The molecule has 0 saturated heterocycles. The first-order valence-electron chi connectivity index (χ1n) is 6.32. The van der Waals surface area contributed by atoms with E-state index in [0.29, 0.717) is 12.1 Å². The smallest absolute Gasteiger partial charge is 0.148 e. The van der Waals surface area contributed by atoms with Crippen LogP contribution in [0.5, 0.6) is 0 Å². The molecule has 0 unspecified atom stereocenters. The Labute approximate surface area is 121 Å². The summed E-state index contributed by atoms with van der Waals surface area (Å²) in [5.41, 5.74) is 13.3. The van der Waals surface area contributed by atoms with Gasteiger partial charge < -0.3 is 16.5 Å². The number of hydrogen-bond acceptors (Lipinski definition) is 3. The molecule has 2 aromatic rings. The van der Waals surface area contributed by atoms with Crippen LogP contribution in [-0.2, 0) is 6.42 Å². The fraction of sp³-hybridized carbons (Fsp3) is 0.0667. The van der Waals surface area contributed by atoms with E-state index in [1.54, 1.807) is 24.3 Å². The standard InChI is InChI=1S/C15H16FN5/c16-12-3-1-2-4-13(12)20-9-10(8-17)7-11-5-6-14(21-11)15(18)19/h1-6,8-9,21H,7,17H2,(H3,18,19). The highest BCUT2D eigenvalue weighted by Gasteiger charge is 2.03. The number of aromatic amines is 1. The molecule has 0 amide bonds. The number of allylic oxidation sites excluding steroid dienone is 1. The second-order valence-electron chi connectivity index (χ2n) is 4.44. The molecule has 6 heteroatoms. The first kappa shape index (κ1) is 14.5. The van der Waals surface area contributed by atoms with Gasteiger partial charge in [-0.2, -0.15) is 0 Å². The Balaban J connectivity index is 2.10. The molecule has 0 spiro atoms. The van der Waals surface area contributed by atoms with Crippen molar-refractivity contribution >= 4 is 17.7 Å². The Kier molecular flexibility index (Phi) is 4.50. The maximum absolute atomic E-state index is 13.5. The molecular weight excluding hydrogens is 269 g/mol. The number of aliphatic imine (C=N–C) groups is 1. The van der Waals surface area contributed by atoms with Crippen molar-refractivity contribution in [3.8, 4) is 0 Å². The van der Waals surface area contributed by atoms with E-state index in [9.17, 15) is 4.39 Å². The van der Waals surface area contributed by atoms with E-state index in [0.717, 1.165) is 11.3 Å². The molecule has 0 bridgehead atoms. The number of nitrogens with two attached hydrogens (primary N) is 2. The molecule has 6 N–H and O–H groups in total. The van der Waals surface area contributed by atoms with Gasteiger partial charge in [0.05, 0.1) is 11.4 Å². The molecule has 2 rings (SSSR count). The first-order valence-corrected chi connectivity index (χ1v) is 6.32. The van der Waals surface area contributed by atoms with Crippen LogP contribution >= 0.6 is 0 Å². The summed E-state index contributed by atoms with van der Waals surface area (Å²) in [6.45, 7) is 0. The van der Waals surface area contributed by atoms with E-state index in [1.165, 1.54) is 18.5 Å². The number of benzene rings is 1. The minimum absolute atomic E-state index is 0.0282. The lowest BCUT2D eigenvalue weighted by molar-refractivity contribution is 0.630. The van der Waals surface area contributed by atoms with E-state index in [1.807, 2.05) is 6.07 Å². The third-order valence-electron chi connectivity index (χ3n) is 2.87. The number of nitrogens with zero attached hydrogens (tertiary/aromatic N) is 1. The summed E-state index contributed by atoms with van der Waals surface area (Å²) in [6, 6.07) is 9.80. The van der Waals surface area contributed by atoms with Crippen molar-refractivity contribution in [3.05, 3.63) is 65.4 Å². The molecule has 0 aliphatic heterocycles. The molecule has 21 heavy (non-hydrogen) atoms. The number of nitrogens with one attached hydrogen (secondary N) is 2. The van der Waals surface area contributed by atoms with Crippen molar-refractivity contribution in [1.82, 2.24) is 4.98 Å². The fourth-order valence-electron chi connectivity index (χ4n) is 1.78. The molecule has 108 valence electrons. The van der Waals surface area contributed by atoms with E-state index in [2.05, 4.69) is 9.98 Å². The minimum Gasteiger partial charge on any atom is -0.404 e. The van der Waals surface area contributed by atoms with Crippen molar-refractivity contribution in [3.63, 3.8) is 0 Å². The molecule has 1 aromatic heterocycles. The number of rotatable bonds is 5. The number of H-pyrrole nitrogens is 1. The molecule has 0 fully saturated rings. The summed E-state index contributed by atoms with van der Waals surface area (Å²) < 4.78 is 13.5. The number of aromatic nitrogens is 1. The zero-order chi connectivity index (χ0) is 15.2. The van der Waals surface area contributed by atoms with Gasteiger partial charge in [0.15, 0.2) is 0 Å². The molecule has 0 atom stereocenters. The van der Waals surface area contributed by atoms with Gasteiger partial charge in [-0.3, -0.25) is 10.4 Å². The SMILES string of the molecule is N=C(N)c1ccc(CC(C=Nc2ccccc2F)=CN)[nH]1. The summed E-state index contributed by atoms with van der Waals surface area (Å²) >= 11 is 0. The van der Waals surface area contributed by atoms with E-state index >= 15 is 0 Å². The molecular formula is C15H16FN5. The summed E-state index contributed by atoms with van der Waals surface area (Å²) in [6.07, 6.45) is 3.42. The van der Waals surface area contributed by atoms with Gasteiger partial charge in [-0.25, -0.2) is 4.39 Å². The van der Waals surface area contributed by atoms with Gasteiger partial charge in [0.25, 0.3) is 0 Å². The Morgan fingerprint density at radius 2 is 2.05 bits per heavy atom. The summed E-state index contributed by atoms with van der Waals surface area (Å²) in [5, 5.41) is 7.33. The van der Waals surface area contributed by atoms with E-state index in [4.69, 9.17) is 16.9 Å². The Bertz CT molecular complexity index is 700. The minimum atomic E-state index is -0.385. The highest BCUT2D eigenvalue weighted by atomic mass is 19.1. The molecule has 1 heterocycles. The van der Waals surface area contributed by atoms with Crippen LogP contribution in [0.1, 0.15) is 11.4 Å². The van der Waals surface area contributed by atoms with Crippen LogP contribution in [0.2, 0.25) is 0 Å². The molecule has 0 aliphatic carbocycles. The van der Waals surface area contributed by atoms with Crippen LogP contribution in [0.4, 0.5) is 10.1 Å². The van der Waals surface area contributed by atoms with Crippen LogP contribution in [0.3, 0.4) is 0 Å². The van der Waals surface area contributed by atoms with Crippen LogP contribution in [0.25, 0.3) is 0 Å². The van der Waals surface area contributed by atoms with Crippen LogP contribution < -0.4 is 11.5 Å². The number of halogens is 1. The Morgan fingerprint density at radius 1 is 1.29 bits per heavy atom. The normalized spacial score (nSPS) is 12.0. The first-order chi connectivity index (χ1) is 10.1. The zero-order valence-electron chi connectivity index (χ0n) is 11.3.